The summed E-state index contributed by atoms with van der Waals surface area (Å²) in [6.45, 7) is 4.20. The second kappa shape index (κ2) is 18.8. The highest BCUT2D eigenvalue weighted by Crippen LogP contribution is 2.17. The molecule has 0 unspecified atom stereocenters. The van der Waals surface area contributed by atoms with Gasteiger partial charge in [-0.05, 0) is 61.6 Å². The minimum absolute atomic E-state index is 0.0207. The van der Waals surface area contributed by atoms with Crippen LogP contribution < -0.4 is 32.7 Å². The number of carbonyl (C=O) groups is 4. The van der Waals surface area contributed by atoms with E-state index in [-0.39, 0.29) is 42.3 Å². The number of unbranched alkanes of at least 4 members (excludes halogenated alkanes) is 1. The SMILES string of the molecule is CC(C)C[C@H](NC(=O)[C@H](Cc1c[nH]cn1)NC(=O)[C@@H](N)CCCCN)C(=O)N[C@@H](Cc1ccc(O)cc1)C(=O)Nc1ccc([N+](=O)[O-])cc1. The highest BCUT2D eigenvalue weighted by atomic mass is 16.6. The summed E-state index contributed by atoms with van der Waals surface area (Å²) in [7, 11) is 0. The lowest BCUT2D eigenvalue weighted by atomic mass is 10.00. The molecule has 16 nitrogen and oxygen atoms in total. The van der Waals surface area contributed by atoms with Gasteiger partial charge < -0.3 is 42.8 Å². The van der Waals surface area contributed by atoms with Crippen LogP contribution in [0.5, 0.6) is 5.75 Å². The van der Waals surface area contributed by atoms with Gasteiger partial charge in [-0.15, -0.1) is 0 Å². The third-order valence-corrected chi connectivity index (χ3v) is 7.60. The van der Waals surface area contributed by atoms with Gasteiger partial charge in [-0.3, -0.25) is 29.3 Å². The van der Waals surface area contributed by atoms with Crippen molar-refractivity contribution in [2.45, 2.75) is 76.5 Å². The average molecular weight is 680 g/mol. The lowest BCUT2D eigenvalue weighted by molar-refractivity contribution is -0.384. The van der Waals surface area contributed by atoms with Gasteiger partial charge in [0, 0.05) is 36.9 Å². The summed E-state index contributed by atoms with van der Waals surface area (Å²) < 4.78 is 0. The van der Waals surface area contributed by atoms with Crippen LogP contribution in [0.3, 0.4) is 0 Å². The maximum Gasteiger partial charge on any atom is 0.269 e. The first-order valence-electron chi connectivity index (χ1n) is 16.0. The molecule has 0 saturated carbocycles. The van der Waals surface area contributed by atoms with Gasteiger partial charge in [0.15, 0.2) is 0 Å². The molecule has 4 atom stereocenters. The zero-order valence-corrected chi connectivity index (χ0v) is 27.6. The van der Waals surface area contributed by atoms with E-state index in [2.05, 4.69) is 31.2 Å². The van der Waals surface area contributed by atoms with Gasteiger partial charge in [0.05, 0.1) is 23.0 Å². The molecule has 0 fully saturated rings. The number of nitro benzene ring substituents is 1. The summed E-state index contributed by atoms with van der Waals surface area (Å²) in [6, 6.07) is 7.08. The normalized spacial score (nSPS) is 13.5. The van der Waals surface area contributed by atoms with Gasteiger partial charge in [-0.1, -0.05) is 32.4 Å². The molecule has 49 heavy (non-hydrogen) atoms. The van der Waals surface area contributed by atoms with Crippen LogP contribution in [-0.2, 0) is 32.0 Å². The van der Waals surface area contributed by atoms with E-state index in [1.807, 2.05) is 13.8 Å². The Morgan fingerprint density at radius 1 is 0.878 bits per heavy atom. The number of aromatic hydroxyl groups is 1. The number of anilines is 1. The third-order valence-electron chi connectivity index (χ3n) is 7.60. The number of amides is 4. The van der Waals surface area contributed by atoms with Crippen LogP contribution in [0.2, 0.25) is 0 Å². The number of nitrogens with zero attached hydrogens (tertiary/aromatic N) is 2. The summed E-state index contributed by atoms with van der Waals surface area (Å²) in [5, 5.41) is 31.6. The number of non-ortho nitro benzene ring substituents is 1. The first kappa shape index (κ1) is 38.1. The maximum atomic E-state index is 13.8. The van der Waals surface area contributed by atoms with Gasteiger partial charge in [-0.2, -0.15) is 0 Å². The molecule has 0 bridgehead atoms. The monoisotopic (exact) mass is 679 g/mol. The summed E-state index contributed by atoms with van der Waals surface area (Å²) in [5.41, 5.74) is 12.8. The van der Waals surface area contributed by atoms with E-state index >= 15 is 0 Å². The third kappa shape index (κ3) is 12.6. The predicted octanol–water partition coefficient (Wildman–Crippen LogP) is 1.40. The largest absolute Gasteiger partial charge is 0.508 e. The molecule has 0 spiro atoms. The van der Waals surface area contributed by atoms with Crippen LogP contribution in [0.25, 0.3) is 0 Å². The van der Waals surface area contributed by atoms with Crippen LogP contribution in [0, 0.1) is 16.0 Å². The molecule has 1 heterocycles. The minimum Gasteiger partial charge on any atom is -0.508 e. The van der Waals surface area contributed by atoms with Crippen molar-refractivity contribution in [2.75, 3.05) is 11.9 Å². The Kier molecular flexibility index (Phi) is 14.7. The molecule has 3 rings (SSSR count). The smallest absolute Gasteiger partial charge is 0.269 e. The van der Waals surface area contributed by atoms with Crippen molar-refractivity contribution in [1.29, 1.82) is 0 Å². The highest BCUT2D eigenvalue weighted by molar-refractivity contribution is 5.99. The van der Waals surface area contributed by atoms with Gasteiger partial charge in [0.1, 0.15) is 23.9 Å². The molecule has 0 saturated heterocycles. The van der Waals surface area contributed by atoms with E-state index in [9.17, 15) is 34.4 Å². The fraction of sp³-hybridized carbons (Fsp3) is 0.424. The van der Waals surface area contributed by atoms with E-state index in [0.717, 1.165) is 0 Å². The summed E-state index contributed by atoms with van der Waals surface area (Å²) in [5.74, 6) is -2.47. The molecular weight excluding hydrogens is 634 g/mol. The fourth-order valence-electron chi connectivity index (χ4n) is 4.96. The highest BCUT2D eigenvalue weighted by Gasteiger charge is 2.31. The van der Waals surface area contributed by atoms with Gasteiger partial charge in [-0.25, -0.2) is 4.98 Å². The molecule has 0 aliphatic heterocycles. The molecular formula is C33H45N9O7. The number of nitrogens with one attached hydrogen (secondary N) is 5. The fourth-order valence-corrected chi connectivity index (χ4v) is 4.96. The van der Waals surface area contributed by atoms with Crippen molar-refractivity contribution in [1.82, 2.24) is 25.9 Å². The molecule has 0 aliphatic carbocycles. The Hall–Kier alpha value is -5.35. The molecule has 0 aliphatic rings. The average Bonchev–Trinajstić information content (AvgIpc) is 3.58. The first-order chi connectivity index (χ1) is 23.4. The Morgan fingerprint density at radius 3 is 2.08 bits per heavy atom. The van der Waals surface area contributed by atoms with Crippen LogP contribution in [0.1, 0.15) is 50.8 Å². The molecule has 264 valence electrons. The molecule has 2 aromatic carbocycles. The number of phenolic OH excluding ortho intramolecular Hbond substituents is 1. The lowest BCUT2D eigenvalue weighted by Gasteiger charge is -2.26. The molecule has 3 aromatic rings. The number of hydrogen-bond acceptors (Lipinski definition) is 10. The van der Waals surface area contributed by atoms with Crippen molar-refractivity contribution in [3.63, 3.8) is 0 Å². The summed E-state index contributed by atoms with van der Waals surface area (Å²) in [6.07, 6.45) is 4.99. The van der Waals surface area contributed by atoms with Gasteiger partial charge in [0.25, 0.3) is 5.69 Å². The van der Waals surface area contributed by atoms with E-state index in [1.165, 1.54) is 42.7 Å². The van der Waals surface area contributed by atoms with Crippen LogP contribution in [0.4, 0.5) is 11.4 Å². The predicted molar refractivity (Wildman–Crippen MR) is 182 cm³/mol. The molecule has 10 N–H and O–H groups in total. The molecule has 1 aromatic heterocycles. The lowest BCUT2D eigenvalue weighted by Crippen LogP contribution is -2.58. The van der Waals surface area contributed by atoms with E-state index in [4.69, 9.17) is 11.5 Å². The number of nitro groups is 1. The molecule has 4 amide bonds. The number of rotatable bonds is 19. The Morgan fingerprint density at radius 2 is 1.49 bits per heavy atom. The van der Waals surface area contributed by atoms with Crippen LogP contribution >= 0.6 is 0 Å². The Labute approximate surface area is 284 Å². The van der Waals surface area contributed by atoms with Crippen LogP contribution in [0.15, 0.2) is 61.1 Å². The second-order valence-electron chi connectivity index (χ2n) is 12.1. The van der Waals surface area contributed by atoms with Gasteiger partial charge >= 0.3 is 0 Å². The minimum atomic E-state index is -1.15. The van der Waals surface area contributed by atoms with Crippen molar-refractivity contribution >= 4 is 35.0 Å². The number of H-pyrrole nitrogens is 1. The standard InChI is InChI=1S/C33H45N9O7/c1-20(2)15-27(40-33(47)29(17-23-18-36-19-37-23)39-30(44)26(35)5-3-4-14-34)32(46)41-28(16-21-6-12-25(43)13-7-21)31(45)38-22-8-10-24(11-9-22)42(48)49/h6-13,18-20,26-29,43H,3-5,14-17,34-35H2,1-2H3,(H,36,37)(H,38,45)(H,39,44)(H,40,47)(H,41,46)/t26-,27-,28-,29-/m0/s1. The molecule has 16 heteroatoms. The van der Waals surface area contributed by atoms with Gasteiger partial charge in [0.2, 0.25) is 23.6 Å². The number of imidazole rings is 1. The van der Waals surface area contributed by atoms with Crippen molar-refractivity contribution in [3.8, 4) is 5.75 Å². The van der Waals surface area contributed by atoms with E-state index in [0.29, 0.717) is 37.1 Å². The number of carbonyl (C=O) groups excluding carboxylic acids is 4. The Bertz CT molecular complexity index is 1530. The van der Waals surface area contributed by atoms with Crippen molar-refractivity contribution < 1.29 is 29.2 Å². The number of nitrogens with two attached hydrogens (primary N) is 2. The van der Waals surface area contributed by atoms with Crippen molar-refractivity contribution in [2.24, 2.45) is 17.4 Å². The number of hydrogen-bond donors (Lipinski definition) is 8. The first-order valence-corrected chi connectivity index (χ1v) is 16.0. The summed E-state index contributed by atoms with van der Waals surface area (Å²) >= 11 is 0. The zero-order chi connectivity index (χ0) is 35.9. The van der Waals surface area contributed by atoms with Crippen LogP contribution in [-0.4, -0.2) is 74.3 Å². The quantitative estimate of drug-likeness (QED) is 0.0513. The topological polar surface area (TPSA) is 260 Å². The zero-order valence-electron chi connectivity index (χ0n) is 27.6. The number of benzene rings is 2. The molecule has 0 radical (unpaired) electrons. The number of aromatic nitrogens is 2. The summed E-state index contributed by atoms with van der Waals surface area (Å²) in [4.78, 5) is 71.4. The number of aromatic amines is 1. The van der Waals surface area contributed by atoms with Crippen molar-refractivity contribution in [3.05, 3.63) is 82.4 Å². The Balaban J connectivity index is 1.81. The van der Waals surface area contributed by atoms with E-state index in [1.54, 1.807) is 18.3 Å². The second-order valence-corrected chi connectivity index (χ2v) is 12.1. The number of phenols is 1. The maximum absolute atomic E-state index is 13.8. The van der Waals surface area contributed by atoms with E-state index < -0.39 is 52.7 Å².